The van der Waals surface area contributed by atoms with E-state index < -0.39 is 0 Å². The van der Waals surface area contributed by atoms with Crippen LogP contribution in [0.25, 0.3) is 0 Å². The summed E-state index contributed by atoms with van der Waals surface area (Å²) < 4.78 is 2.28. The lowest BCUT2D eigenvalue weighted by molar-refractivity contribution is 0.365. The molecule has 0 saturated carbocycles. The zero-order valence-electron chi connectivity index (χ0n) is 10.1. The third kappa shape index (κ3) is 2.07. The van der Waals surface area contributed by atoms with E-state index in [1.807, 2.05) is 6.20 Å². The van der Waals surface area contributed by atoms with Crippen LogP contribution in [0.5, 0.6) is 0 Å². The third-order valence-corrected chi connectivity index (χ3v) is 3.08. The molecular formula is C12H21N3. The van der Waals surface area contributed by atoms with Crippen molar-refractivity contribution in [3.05, 3.63) is 18.2 Å². The van der Waals surface area contributed by atoms with Gasteiger partial charge in [-0.3, -0.25) is 0 Å². The summed E-state index contributed by atoms with van der Waals surface area (Å²) in [5.41, 5.74) is 0.124. The Balaban J connectivity index is 2.25. The number of aromatic nitrogens is 2. The van der Waals surface area contributed by atoms with E-state index in [-0.39, 0.29) is 5.54 Å². The van der Waals surface area contributed by atoms with E-state index in [9.17, 15) is 0 Å². The lowest BCUT2D eigenvalue weighted by Gasteiger charge is -2.25. The number of nitrogens with one attached hydrogen (secondary N) is 1. The van der Waals surface area contributed by atoms with Crippen LogP contribution in [-0.4, -0.2) is 15.6 Å². The highest BCUT2D eigenvalue weighted by Gasteiger charge is 2.27. The minimum absolute atomic E-state index is 0.124. The summed E-state index contributed by atoms with van der Waals surface area (Å²) in [7, 11) is 0. The molecule has 0 amide bonds. The summed E-state index contributed by atoms with van der Waals surface area (Å²) in [5, 5.41) is 3.59. The highest BCUT2D eigenvalue weighted by molar-refractivity contribution is 5.05. The van der Waals surface area contributed by atoms with E-state index in [0.29, 0.717) is 12.1 Å². The fourth-order valence-corrected chi connectivity index (χ4v) is 2.27. The van der Waals surface area contributed by atoms with Crippen molar-refractivity contribution in [2.24, 2.45) is 0 Å². The second-order valence-corrected chi connectivity index (χ2v) is 5.52. The molecule has 1 aromatic rings. The zero-order chi connectivity index (χ0) is 11.1. The topological polar surface area (TPSA) is 29.9 Å². The number of hydrogen-bond acceptors (Lipinski definition) is 2. The number of imidazole rings is 1. The van der Waals surface area contributed by atoms with Crippen LogP contribution in [0, 0.1) is 0 Å². The smallest absolute Gasteiger partial charge is 0.126 e. The molecule has 2 atom stereocenters. The fourth-order valence-electron chi connectivity index (χ4n) is 2.27. The number of nitrogens with zero attached hydrogens (tertiary/aromatic N) is 2. The first-order valence-electron chi connectivity index (χ1n) is 5.78. The van der Waals surface area contributed by atoms with Gasteiger partial charge < -0.3 is 9.88 Å². The molecule has 0 radical (unpaired) electrons. The Morgan fingerprint density at radius 3 is 2.67 bits per heavy atom. The number of hydrogen-bond donors (Lipinski definition) is 1. The Hall–Kier alpha value is -0.830. The van der Waals surface area contributed by atoms with Gasteiger partial charge in [-0.05, 0) is 40.5 Å². The molecule has 1 aliphatic heterocycles. The Labute approximate surface area is 91.9 Å². The van der Waals surface area contributed by atoms with Crippen molar-refractivity contribution in [1.82, 2.24) is 14.9 Å². The summed E-state index contributed by atoms with van der Waals surface area (Å²) in [4.78, 5) is 4.50. The molecule has 3 nitrogen and oxygen atoms in total. The molecule has 3 heteroatoms. The Morgan fingerprint density at radius 2 is 2.13 bits per heavy atom. The monoisotopic (exact) mass is 207 g/mol. The van der Waals surface area contributed by atoms with Gasteiger partial charge in [-0.2, -0.15) is 0 Å². The summed E-state index contributed by atoms with van der Waals surface area (Å²) in [6.45, 7) is 8.90. The van der Waals surface area contributed by atoms with Gasteiger partial charge in [-0.1, -0.05) is 0 Å². The molecule has 0 aliphatic carbocycles. The summed E-state index contributed by atoms with van der Waals surface area (Å²) in [5.74, 6) is 1.19. The van der Waals surface area contributed by atoms with Gasteiger partial charge >= 0.3 is 0 Å². The lowest BCUT2D eigenvalue weighted by atomic mass is 10.1. The van der Waals surface area contributed by atoms with Crippen LogP contribution >= 0.6 is 0 Å². The third-order valence-electron chi connectivity index (χ3n) is 3.08. The molecule has 0 bridgehead atoms. The largest absolute Gasteiger partial charge is 0.328 e. The first-order chi connectivity index (χ1) is 6.98. The Morgan fingerprint density at radius 1 is 1.40 bits per heavy atom. The van der Waals surface area contributed by atoms with Crippen molar-refractivity contribution in [1.29, 1.82) is 0 Å². The second-order valence-electron chi connectivity index (χ2n) is 5.52. The van der Waals surface area contributed by atoms with Crippen LogP contribution in [0.15, 0.2) is 12.4 Å². The van der Waals surface area contributed by atoms with Gasteiger partial charge in [0, 0.05) is 24.0 Å². The maximum absolute atomic E-state index is 4.50. The van der Waals surface area contributed by atoms with E-state index in [1.165, 1.54) is 18.7 Å². The predicted molar refractivity (Wildman–Crippen MR) is 61.8 cm³/mol. The van der Waals surface area contributed by atoms with Crippen molar-refractivity contribution >= 4 is 0 Å². The van der Waals surface area contributed by atoms with Gasteiger partial charge in [0.1, 0.15) is 5.82 Å². The van der Waals surface area contributed by atoms with Crippen LogP contribution in [0.1, 0.15) is 52.4 Å². The second kappa shape index (κ2) is 3.63. The summed E-state index contributed by atoms with van der Waals surface area (Å²) >= 11 is 0. The van der Waals surface area contributed by atoms with Gasteiger partial charge in [-0.25, -0.2) is 4.98 Å². The maximum atomic E-state index is 4.50. The molecule has 15 heavy (non-hydrogen) atoms. The average Bonchev–Trinajstić information content (AvgIpc) is 2.68. The van der Waals surface area contributed by atoms with Gasteiger partial charge in [0.05, 0.1) is 6.04 Å². The van der Waals surface area contributed by atoms with Crippen molar-refractivity contribution < 1.29 is 0 Å². The first kappa shape index (κ1) is 10.7. The predicted octanol–water partition coefficient (Wildman–Crippen LogP) is 2.45. The van der Waals surface area contributed by atoms with Crippen LogP contribution in [0.4, 0.5) is 0 Å². The molecule has 0 spiro atoms. The van der Waals surface area contributed by atoms with Crippen LogP contribution in [0.2, 0.25) is 0 Å². The SMILES string of the molecule is C[C@H]1CC[C@@H](c2nccn2C(C)(C)C)N1. The number of rotatable bonds is 1. The molecule has 1 aromatic heterocycles. The normalized spacial score (nSPS) is 27.2. The van der Waals surface area contributed by atoms with Gasteiger partial charge in [0.15, 0.2) is 0 Å². The van der Waals surface area contributed by atoms with Crippen molar-refractivity contribution in [3.8, 4) is 0 Å². The molecule has 1 aliphatic rings. The van der Waals surface area contributed by atoms with Gasteiger partial charge in [0.2, 0.25) is 0 Å². The zero-order valence-corrected chi connectivity index (χ0v) is 10.1. The molecule has 2 rings (SSSR count). The summed E-state index contributed by atoms with van der Waals surface area (Å²) in [6.07, 6.45) is 6.45. The Bertz CT molecular complexity index is 335. The standard InChI is InChI=1S/C12H21N3/c1-9-5-6-10(14-9)11-13-7-8-15(11)12(2,3)4/h7-10,14H,5-6H2,1-4H3/t9-,10-/m0/s1. The van der Waals surface area contributed by atoms with Gasteiger partial charge in [0.25, 0.3) is 0 Å². The van der Waals surface area contributed by atoms with E-state index in [0.717, 1.165) is 0 Å². The molecule has 1 N–H and O–H groups in total. The molecule has 0 aromatic carbocycles. The first-order valence-corrected chi connectivity index (χ1v) is 5.78. The molecular weight excluding hydrogens is 186 g/mol. The maximum Gasteiger partial charge on any atom is 0.126 e. The van der Waals surface area contributed by atoms with Crippen LogP contribution < -0.4 is 5.32 Å². The van der Waals surface area contributed by atoms with E-state index >= 15 is 0 Å². The van der Waals surface area contributed by atoms with Crippen molar-refractivity contribution in [2.75, 3.05) is 0 Å². The molecule has 0 unspecified atom stereocenters. The van der Waals surface area contributed by atoms with E-state index in [2.05, 4.69) is 48.8 Å². The van der Waals surface area contributed by atoms with Gasteiger partial charge in [-0.15, -0.1) is 0 Å². The molecule has 84 valence electrons. The fraction of sp³-hybridized carbons (Fsp3) is 0.750. The molecule has 1 fully saturated rings. The lowest BCUT2D eigenvalue weighted by Crippen LogP contribution is -2.29. The van der Waals surface area contributed by atoms with Crippen LogP contribution in [0.3, 0.4) is 0 Å². The minimum atomic E-state index is 0.124. The average molecular weight is 207 g/mol. The van der Waals surface area contributed by atoms with Crippen molar-refractivity contribution in [3.63, 3.8) is 0 Å². The quantitative estimate of drug-likeness (QED) is 0.766. The van der Waals surface area contributed by atoms with E-state index in [1.54, 1.807) is 0 Å². The Kier molecular flexibility index (Phi) is 2.59. The van der Waals surface area contributed by atoms with E-state index in [4.69, 9.17) is 0 Å². The summed E-state index contributed by atoms with van der Waals surface area (Å²) in [6, 6.07) is 1.06. The highest BCUT2D eigenvalue weighted by atomic mass is 15.2. The van der Waals surface area contributed by atoms with Crippen molar-refractivity contribution in [2.45, 2.75) is 58.2 Å². The van der Waals surface area contributed by atoms with Crippen LogP contribution in [-0.2, 0) is 5.54 Å². The molecule has 1 saturated heterocycles. The minimum Gasteiger partial charge on any atom is -0.328 e. The highest BCUT2D eigenvalue weighted by Crippen LogP contribution is 2.28. The molecule has 2 heterocycles.